The number of ether oxygens (including phenoxy) is 1. The van der Waals surface area contributed by atoms with Crippen molar-refractivity contribution >= 4 is 11.6 Å². The van der Waals surface area contributed by atoms with Crippen LogP contribution in [0.2, 0.25) is 0 Å². The summed E-state index contributed by atoms with van der Waals surface area (Å²) >= 11 is 0. The van der Waals surface area contributed by atoms with Crippen molar-refractivity contribution in [3.05, 3.63) is 53.6 Å². The summed E-state index contributed by atoms with van der Waals surface area (Å²) in [5.41, 5.74) is 3.78. The van der Waals surface area contributed by atoms with Gasteiger partial charge in [0, 0.05) is 23.5 Å². The number of anilines is 1. The van der Waals surface area contributed by atoms with Gasteiger partial charge in [0.2, 0.25) is 5.91 Å². The maximum atomic E-state index is 13.1. The number of hydrogen-bond acceptors (Lipinski definition) is 4. The van der Waals surface area contributed by atoms with Crippen molar-refractivity contribution in [2.75, 3.05) is 5.32 Å². The molecule has 5 rings (SSSR count). The first kappa shape index (κ1) is 15.0. The number of aryl methyl sites for hydroxylation is 2. The van der Waals surface area contributed by atoms with Crippen molar-refractivity contribution in [1.29, 1.82) is 0 Å². The van der Waals surface area contributed by atoms with Crippen LogP contribution in [0.3, 0.4) is 0 Å². The van der Waals surface area contributed by atoms with Gasteiger partial charge in [0.05, 0.1) is 30.0 Å². The van der Waals surface area contributed by atoms with E-state index in [-0.39, 0.29) is 30.0 Å². The standard InChI is InChI=1S/C20H21N3O2/c1-10-3-5-12(8-21-10)16-17(19-15-7-14(15)18(16)25-19)20(24)23-13-6-4-11(2)22-9-13/h3-6,8-9,14-19H,7H2,1-2H3,(H,23,24)/t14-,15+,16+,17-,18-,19+/m0/s1. The van der Waals surface area contributed by atoms with Crippen molar-refractivity contribution in [3.63, 3.8) is 0 Å². The highest BCUT2D eigenvalue weighted by Gasteiger charge is 2.68. The summed E-state index contributed by atoms with van der Waals surface area (Å²) < 4.78 is 6.22. The third kappa shape index (κ3) is 2.37. The Morgan fingerprint density at radius 1 is 1.04 bits per heavy atom. The number of rotatable bonds is 3. The van der Waals surface area contributed by atoms with E-state index in [1.165, 1.54) is 6.42 Å². The van der Waals surface area contributed by atoms with E-state index in [9.17, 15) is 4.79 Å². The normalized spacial score (nSPS) is 34.6. The van der Waals surface area contributed by atoms with E-state index in [1.54, 1.807) is 6.20 Å². The minimum atomic E-state index is -0.153. The zero-order valence-corrected chi connectivity index (χ0v) is 14.3. The Morgan fingerprint density at radius 2 is 1.76 bits per heavy atom. The Balaban J connectivity index is 1.44. The quantitative estimate of drug-likeness (QED) is 0.937. The lowest BCUT2D eigenvalue weighted by Gasteiger charge is -2.27. The van der Waals surface area contributed by atoms with Crippen LogP contribution >= 0.6 is 0 Å². The second-order valence-corrected chi connectivity index (χ2v) is 7.59. The van der Waals surface area contributed by atoms with Gasteiger partial charge in [-0.3, -0.25) is 14.8 Å². The van der Waals surface area contributed by atoms with Crippen LogP contribution in [0.5, 0.6) is 0 Å². The van der Waals surface area contributed by atoms with Gasteiger partial charge < -0.3 is 10.1 Å². The number of nitrogens with zero attached hydrogens (tertiary/aromatic N) is 2. The number of fused-ring (bicyclic) bond motifs is 5. The lowest BCUT2D eigenvalue weighted by molar-refractivity contribution is -0.122. The maximum absolute atomic E-state index is 13.1. The van der Waals surface area contributed by atoms with Gasteiger partial charge in [-0.25, -0.2) is 0 Å². The zero-order chi connectivity index (χ0) is 17.1. The van der Waals surface area contributed by atoms with E-state index in [2.05, 4.69) is 21.4 Å². The van der Waals surface area contributed by atoms with E-state index in [1.807, 2.05) is 38.2 Å². The first-order valence-corrected chi connectivity index (χ1v) is 8.93. The molecule has 4 heterocycles. The molecule has 2 aliphatic heterocycles. The fourth-order valence-corrected chi connectivity index (χ4v) is 4.64. The number of pyridine rings is 2. The molecular weight excluding hydrogens is 314 g/mol. The van der Waals surface area contributed by atoms with Gasteiger partial charge in [0.15, 0.2) is 0 Å². The van der Waals surface area contributed by atoms with Gasteiger partial charge in [-0.15, -0.1) is 0 Å². The van der Waals surface area contributed by atoms with Crippen molar-refractivity contribution in [2.45, 2.75) is 38.4 Å². The number of hydrogen-bond donors (Lipinski definition) is 1. The smallest absolute Gasteiger partial charge is 0.230 e. The predicted octanol–water partition coefficient (Wildman–Crippen LogP) is 2.85. The first-order valence-electron chi connectivity index (χ1n) is 8.93. The zero-order valence-electron chi connectivity index (χ0n) is 14.3. The van der Waals surface area contributed by atoms with Crippen LogP contribution in [0, 0.1) is 31.6 Å². The molecule has 2 aromatic rings. The van der Waals surface area contributed by atoms with Crippen molar-refractivity contribution in [2.24, 2.45) is 17.8 Å². The third-order valence-electron chi connectivity index (χ3n) is 5.94. The number of nitrogens with one attached hydrogen (secondary N) is 1. The van der Waals surface area contributed by atoms with E-state index in [0.29, 0.717) is 11.8 Å². The Bertz CT molecular complexity index is 818. The van der Waals surface area contributed by atoms with Crippen LogP contribution in [-0.2, 0) is 9.53 Å². The molecule has 0 radical (unpaired) electrons. The molecule has 1 amide bonds. The Labute approximate surface area is 146 Å². The van der Waals surface area contributed by atoms with Gasteiger partial charge in [0.25, 0.3) is 0 Å². The highest BCUT2D eigenvalue weighted by molar-refractivity contribution is 5.94. The van der Waals surface area contributed by atoms with Crippen LogP contribution in [-0.4, -0.2) is 28.1 Å². The average molecular weight is 335 g/mol. The molecule has 1 aliphatic carbocycles. The van der Waals surface area contributed by atoms with Gasteiger partial charge in [-0.1, -0.05) is 6.07 Å². The van der Waals surface area contributed by atoms with Crippen molar-refractivity contribution in [3.8, 4) is 0 Å². The molecule has 5 nitrogen and oxygen atoms in total. The molecule has 0 spiro atoms. The van der Waals surface area contributed by atoms with Crippen LogP contribution < -0.4 is 5.32 Å². The van der Waals surface area contributed by atoms with Crippen molar-refractivity contribution in [1.82, 2.24) is 9.97 Å². The Hall–Kier alpha value is -2.27. The second kappa shape index (κ2) is 5.36. The number of carbonyl (C=O) groups is 1. The molecule has 3 fully saturated rings. The van der Waals surface area contributed by atoms with E-state index in [4.69, 9.17) is 4.74 Å². The largest absolute Gasteiger partial charge is 0.373 e. The van der Waals surface area contributed by atoms with E-state index < -0.39 is 0 Å². The van der Waals surface area contributed by atoms with Gasteiger partial charge in [0.1, 0.15) is 0 Å². The van der Waals surface area contributed by atoms with Gasteiger partial charge in [-0.2, -0.15) is 0 Å². The predicted molar refractivity (Wildman–Crippen MR) is 93.1 cm³/mol. The third-order valence-corrected chi connectivity index (χ3v) is 5.94. The lowest BCUT2D eigenvalue weighted by Crippen LogP contribution is -2.37. The molecular formula is C20H21N3O2. The maximum Gasteiger partial charge on any atom is 0.230 e. The van der Waals surface area contributed by atoms with Crippen LogP contribution in [0.1, 0.15) is 29.3 Å². The van der Waals surface area contributed by atoms with Crippen LogP contribution in [0.15, 0.2) is 36.7 Å². The average Bonchev–Trinajstić information content (AvgIpc) is 3.22. The molecule has 2 bridgehead atoms. The molecule has 1 saturated carbocycles. The van der Waals surface area contributed by atoms with Crippen LogP contribution in [0.25, 0.3) is 0 Å². The Morgan fingerprint density at radius 3 is 2.44 bits per heavy atom. The molecule has 1 N–H and O–H groups in total. The SMILES string of the molecule is Cc1ccc(NC(=O)[C@@H]2[C@@H]3O[C@@H]([C@H]4C[C@H]43)[C@@H]2c2ccc(C)nc2)cn1. The first-order chi connectivity index (χ1) is 12.1. The highest BCUT2D eigenvalue weighted by atomic mass is 16.5. The Kier molecular flexibility index (Phi) is 3.22. The fraction of sp³-hybridized carbons (Fsp3) is 0.450. The molecule has 3 aliphatic rings. The molecule has 0 aromatic carbocycles. The van der Waals surface area contributed by atoms with Crippen LogP contribution in [0.4, 0.5) is 5.69 Å². The van der Waals surface area contributed by atoms with Crippen molar-refractivity contribution < 1.29 is 9.53 Å². The summed E-state index contributed by atoms with van der Waals surface area (Å²) in [5.74, 6) is 1.17. The summed E-state index contributed by atoms with van der Waals surface area (Å²) in [6.45, 7) is 3.91. The molecule has 25 heavy (non-hydrogen) atoms. The number of aromatic nitrogens is 2. The number of carbonyl (C=O) groups excluding carboxylic acids is 1. The fourth-order valence-electron chi connectivity index (χ4n) is 4.64. The van der Waals surface area contributed by atoms with E-state index in [0.717, 1.165) is 22.6 Å². The molecule has 0 unspecified atom stereocenters. The summed E-state index contributed by atoms with van der Waals surface area (Å²) in [5, 5.41) is 3.04. The molecule has 2 saturated heterocycles. The summed E-state index contributed by atoms with van der Waals surface area (Å²) in [6, 6.07) is 7.93. The summed E-state index contributed by atoms with van der Waals surface area (Å²) in [7, 11) is 0. The molecule has 128 valence electrons. The topological polar surface area (TPSA) is 64.1 Å². The lowest BCUT2D eigenvalue weighted by atomic mass is 9.75. The summed E-state index contributed by atoms with van der Waals surface area (Å²) in [4.78, 5) is 21.8. The highest BCUT2D eigenvalue weighted by Crippen LogP contribution is 2.65. The number of amides is 1. The minimum absolute atomic E-state index is 0.0362. The monoisotopic (exact) mass is 335 g/mol. The molecule has 5 heteroatoms. The van der Waals surface area contributed by atoms with Gasteiger partial charge in [-0.05, 0) is 55.9 Å². The second-order valence-electron chi connectivity index (χ2n) is 7.59. The minimum Gasteiger partial charge on any atom is -0.373 e. The molecule has 2 aromatic heterocycles. The van der Waals surface area contributed by atoms with E-state index >= 15 is 0 Å². The summed E-state index contributed by atoms with van der Waals surface area (Å²) in [6.07, 6.45) is 5.02. The van der Waals surface area contributed by atoms with Gasteiger partial charge >= 0.3 is 0 Å². The molecule has 6 atom stereocenters.